The van der Waals surface area contributed by atoms with E-state index < -0.39 is 5.69 Å². The van der Waals surface area contributed by atoms with Crippen LogP contribution >= 0.6 is 11.6 Å². The lowest BCUT2D eigenvalue weighted by atomic mass is 10.3. The maximum atomic E-state index is 11.4. The first-order valence-corrected chi connectivity index (χ1v) is 5.55. The molecular formula is C10H9ClN6O2. The summed E-state index contributed by atoms with van der Waals surface area (Å²) in [5, 5.41) is 0.459. The summed E-state index contributed by atoms with van der Waals surface area (Å²) < 4.78 is 0. The lowest BCUT2D eigenvalue weighted by Crippen LogP contribution is -2.29. The fourth-order valence-corrected chi connectivity index (χ4v) is 1.40. The molecule has 19 heavy (non-hydrogen) atoms. The summed E-state index contributed by atoms with van der Waals surface area (Å²) in [7, 11) is 0. The van der Waals surface area contributed by atoms with Gasteiger partial charge in [0.05, 0.1) is 0 Å². The van der Waals surface area contributed by atoms with Gasteiger partial charge in [0, 0.05) is 18.1 Å². The van der Waals surface area contributed by atoms with Gasteiger partial charge in [-0.25, -0.2) is 4.79 Å². The van der Waals surface area contributed by atoms with Crippen molar-refractivity contribution >= 4 is 23.5 Å². The number of nitrogens with one attached hydrogen (secondary N) is 3. The summed E-state index contributed by atoms with van der Waals surface area (Å²) in [4.78, 5) is 36.2. The number of rotatable bonds is 3. The third-order valence-corrected chi connectivity index (χ3v) is 2.20. The lowest BCUT2D eigenvalue weighted by Gasteiger charge is -2.05. The number of carbonyl (C=O) groups excluding carboxylic acids is 1. The van der Waals surface area contributed by atoms with Gasteiger partial charge in [0.25, 0.3) is 0 Å². The predicted molar refractivity (Wildman–Crippen MR) is 68.3 cm³/mol. The van der Waals surface area contributed by atoms with Crippen LogP contribution in [0.3, 0.4) is 0 Å². The molecule has 0 aliphatic rings. The summed E-state index contributed by atoms with van der Waals surface area (Å²) in [6.07, 6.45) is 1.49. The highest BCUT2D eigenvalue weighted by Gasteiger charge is 2.07. The average Bonchev–Trinajstić information content (AvgIpc) is 2.36. The monoisotopic (exact) mass is 280 g/mol. The van der Waals surface area contributed by atoms with Crippen LogP contribution in [0.4, 0.5) is 5.95 Å². The number of pyridine rings is 1. The van der Waals surface area contributed by atoms with E-state index in [2.05, 4.69) is 30.8 Å². The fourth-order valence-electron chi connectivity index (χ4n) is 1.24. The zero-order chi connectivity index (χ0) is 13.8. The molecule has 3 N–H and O–H groups in total. The van der Waals surface area contributed by atoms with Gasteiger partial charge in [0.15, 0.2) is 5.82 Å². The average molecular weight is 281 g/mol. The van der Waals surface area contributed by atoms with E-state index in [1.807, 2.05) is 0 Å². The Kier molecular flexibility index (Phi) is 3.71. The van der Waals surface area contributed by atoms with E-state index in [-0.39, 0.29) is 17.7 Å². The molecule has 2 rings (SSSR count). The molecule has 0 aliphatic heterocycles. The second kappa shape index (κ2) is 5.44. The smallest absolute Gasteiger partial charge is 0.288 e. The van der Waals surface area contributed by atoms with Crippen LogP contribution in [0.15, 0.2) is 23.1 Å². The molecule has 2 heterocycles. The van der Waals surface area contributed by atoms with E-state index >= 15 is 0 Å². The van der Waals surface area contributed by atoms with E-state index in [0.29, 0.717) is 10.7 Å². The van der Waals surface area contributed by atoms with Crippen molar-refractivity contribution in [3.05, 3.63) is 33.8 Å². The summed E-state index contributed by atoms with van der Waals surface area (Å²) in [5.74, 6) is -0.197. The quantitative estimate of drug-likeness (QED) is 0.699. The molecule has 2 aromatic rings. The van der Waals surface area contributed by atoms with Gasteiger partial charge < -0.3 is 0 Å². The molecule has 2 aromatic heterocycles. The number of anilines is 1. The van der Waals surface area contributed by atoms with Gasteiger partial charge in [-0.2, -0.15) is 9.97 Å². The number of nitrogens with zero attached hydrogens (tertiary/aromatic N) is 3. The number of H-pyrrole nitrogens is 1. The standard InChI is InChI=1S/C10H9ClN6O2/c1-5(18)16-17-9-13-8(14-10(19)15-9)7-4-6(11)2-3-12-7/h2-4H,1H3,(H,16,18)(H2,13,14,15,17,19). The van der Waals surface area contributed by atoms with E-state index in [0.717, 1.165) is 0 Å². The highest BCUT2D eigenvalue weighted by atomic mass is 35.5. The predicted octanol–water partition coefficient (Wildman–Crippen LogP) is 0.343. The largest absolute Gasteiger partial charge is 0.349 e. The zero-order valence-corrected chi connectivity index (χ0v) is 10.5. The molecule has 98 valence electrons. The van der Waals surface area contributed by atoms with Crippen LogP contribution in [0, 0.1) is 0 Å². The van der Waals surface area contributed by atoms with Crippen molar-refractivity contribution in [3.63, 3.8) is 0 Å². The van der Waals surface area contributed by atoms with Gasteiger partial charge in [-0.15, -0.1) is 0 Å². The molecule has 0 spiro atoms. The number of hydrogen-bond donors (Lipinski definition) is 3. The van der Waals surface area contributed by atoms with Crippen molar-refractivity contribution < 1.29 is 4.79 Å². The Morgan fingerprint density at radius 1 is 1.42 bits per heavy atom. The fraction of sp³-hybridized carbons (Fsp3) is 0.100. The molecule has 0 saturated carbocycles. The van der Waals surface area contributed by atoms with E-state index in [9.17, 15) is 9.59 Å². The molecule has 0 bridgehead atoms. The Balaban J connectivity index is 2.36. The first-order valence-electron chi connectivity index (χ1n) is 5.17. The van der Waals surface area contributed by atoms with Crippen LogP contribution in [0.1, 0.15) is 6.92 Å². The molecular weight excluding hydrogens is 272 g/mol. The van der Waals surface area contributed by atoms with Crippen molar-refractivity contribution in [1.82, 2.24) is 25.4 Å². The van der Waals surface area contributed by atoms with Gasteiger partial charge >= 0.3 is 5.69 Å². The first kappa shape index (κ1) is 13.0. The van der Waals surface area contributed by atoms with Crippen LogP contribution in [0.25, 0.3) is 11.5 Å². The van der Waals surface area contributed by atoms with Crippen molar-refractivity contribution in [2.45, 2.75) is 6.92 Å². The maximum Gasteiger partial charge on any atom is 0.349 e. The molecule has 0 radical (unpaired) electrons. The Morgan fingerprint density at radius 3 is 2.89 bits per heavy atom. The molecule has 8 nitrogen and oxygen atoms in total. The van der Waals surface area contributed by atoms with Gasteiger partial charge in [0.2, 0.25) is 11.9 Å². The molecule has 1 amide bonds. The highest BCUT2D eigenvalue weighted by Crippen LogP contribution is 2.15. The first-order chi connectivity index (χ1) is 9.04. The molecule has 0 saturated heterocycles. The topological polar surface area (TPSA) is 113 Å². The lowest BCUT2D eigenvalue weighted by molar-refractivity contribution is -0.118. The SMILES string of the molecule is CC(=O)NNc1nc(-c2cc(Cl)ccn2)[nH]c(=O)n1. The van der Waals surface area contributed by atoms with Crippen LogP contribution in [0.5, 0.6) is 0 Å². The normalized spacial score (nSPS) is 10.0. The molecule has 0 aliphatic carbocycles. The summed E-state index contributed by atoms with van der Waals surface area (Å²) in [5.41, 5.74) is 4.43. The van der Waals surface area contributed by atoms with E-state index in [4.69, 9.17) is 11.6 Å². The third kappa shape index (κ3) is 3.49. The number of hydrogen-bond acceptors (Lipinski definition) is 6. The summed E-state index contributed by atoms with van der Waals surface area (Å²) in [6.45, 7) is 1.31. The number of aromatic amines is 1. The van der Waals surface area contributed by atoms with Gasteiger partial charge in [0.1, 0.15) is 5.69 Å². The minimum atomic E-state index is -0.625. The number of carbonyl (C=O) groups is 1. The Hall–Kier alpha value is -2.48. The molecule has 9 heteroatoms. The molecule has 0 fully saturated rings. The number of halogens is 1. The highest BCUT2D eigenvalue weighted by molar-refractivity contribution is 6.30. The van der Waals surface area contributed by atoms with Crippen LogP contribution in [-0.2, 0) is 4.79 Å². The van der Waals surface area contributed by atoms with Crippen LogP contribution in [-0.4, -0.2) is 25.8 Å². The van der Waals surface area contributed by atoms with Crippen molar-refractivity contribution in [3.8, 4) is 11.5 Å². The minimum Gasteiger partial charge on any atom is -0.288 e. The number of aromatic nitrogens is 4. The number of amides is 1. The van der Waals surface area contributed by atoms with Crippen LogP contribution < -0.4 is 16.5 Å². The Bertz CT molecular complexity index is 671. The van der Waals surface area contributed by atoms with Crippen LogP contribution in [0.2, 0.25) is 5.02 Å². The minimum absolute atomic E-state index is 0.0456. The van der Waals surface area contributed by atoms with Crippen molar-refractivity contribution in [1.29, 1.82) is 0 Å². The van der Waals surface area contributed by atoms with E-state index in [1.165, 1.54) is 13.1 Å². The van der Waals surface area contributed by atoms with Gasteiger partial charge in [-0.3, -0.25) is 25.6 Å². The van der Waals surface area contributed by atoms with Gasteiger partial charge in [-0.05, 0) is 12.1 Å². The summed E-state index contributed by atoms with van der Waals surface area (Å²) >= 11 is 5.83. The molecule has 0 atom stereocenters. The van der Waals surface area contributed by atoms with Crippen molar-refractivity contribution in [2.24, 2.45) is 0 Å². The second-order valence-electron chi connectivity index (χ2n) is 3.49. The second-order valence-corrected chi connectivity index (χ2v) is 3.93. The van der Waals surface area contributed by atoms with Crippen molar-refractivity contribution in [2.75, 3.05) is 5.43 Å². The molecule has 0 unspecified atom stereocenters. The van der Waals surface area contributed by atoms with Gasteiger partial charge in [-0.1, -0.05) is 11.6 Å². The third-order valence-electron chi connectivity index (χ3n) is 1.97. The molecule has 0 aromatic carbocycles. The van der Waals surface area contributed by atoms with E-state index in [1.54, 1.807) is 12.1 Å². The summed E-state index contributed by atoms with van der Waals surface area (Å²) in [6, 6.07) is 3.14. The Morgan fingerprint density at radius 2 is 2.21 bits per heavy atom. The number of hydrazine groups is 1. The zero-order valence-electron chi connectivity index (χ0n) is 9.77. The maximum absolute atomic E-state index is 11.4. The Labute approximate surface area is 112 Å².